The van der Waals surface area contributed by atoms with Gasteiger partial charge in [0.1, 0.15) is 0 Å². The summed E-state index contributed by atoms with van der Waals surface area (Å²) in [4.78, 5) is 6.75. The smallest absolute Gasteiger partial charge is 0.0722 e. The van der Waals surface area contributed by atoms with E-state index < -0.39 is 0 Å². The zero-order chi connectivity index (χ0) is 12.5. The number of para-hydroxylation sites is 1. The van der Waals surface area contributed by atoms with Crippen molar-refractivity contribution in [2.45, 2.75) is 19.4 Å². The van der Waals surface area contributed by atoms with Gasteiger partial charge in [-0.25, -0.2) is 0 Å². The van der Waals surface area contributed by atoms with E-state index in [4.69, 9.17) is 0 Å². The molecule has 0 bridgehead atoms. The molecule has 1 fully saturated rings. The summed E-state index contributed by atoms with van der Waals surface area (Å²) in [7, 11) is 0. The first kappa shape index (κ1) is 11.5. The van der Waals surface area contributed by atoms with Crippen molar-refractivity contribution < 1.29 is 5.11 Å². The van der Waals surface area contributed by atoms with Crippen molar-refractivity contribution in [2.24, 2.45) is 5.92 Å². The summed E-state index contributed by atoms with van der Waals surface area (Å²) in [6, 6.07) is 10.3. The van der Waals surface area contributed by atoms with E-state index in [1.165, 1.54) is 11.1 Å². The molecule has 2 atom stereocenters. The minimum absolute atomic E-state index is 0.219. The first-order valence-corrected chi connectivity index (χ1v) is 6.52. The molecule has 94 valence electrons. The van der Waals surface area contributed by atoms with E-state index in [0.29, 0.717) is 5.92 Å². The van der Waals surface area contributed by atoms with Crippen LogP contribution in [-0.4, -0.2) is 29.3 Å². The maximum Gasteiger partial charge on any atom is 0.0722 e. The van der Waals surface area contributed by atoms with E-state index >= 15 is 0 Å². The lowest BCUT2D eigenvalue weighted by Gasteiger charge is -2.21. The fourth-order valence-electron chi connectivity index (χ4n) is 2.76. The maximum absolute atomic E-state index is 9.69. The highest BCUT2D eigenvalue weighted by Gasteiger charge is 2.26. The molecule has 3 nitrogen and oxygen atoms in total. The van der Waals surface area contributed by atoms with E-state index in [9.17, 15) is 5.11 Å². The van der Waals surface area contributed by atoms with Crippen molar-refractivity contribution in [2.75, 3.05) is 18.0 Å². The van der Waals surface area contributed by atoms with E-state index in [2.05, 4.69) is 28.1 Å². The number of aliphatic hydroxyl groups excluding tert-OH is 1. The minimum Gasteiger partial charge on any atom is -0.393 e. The summed E-state index contributed by atoms with van der Waals surface area (Å²) in [6.07, 6.45) is 2.71. The Hall–Kier alpha value is -1.61. The molecule has 0 aliphatic carbocycles. The number of anilines is 1. The van der Waals surface area contributed by atoms with Crippen LogP contribution in [0.25, 0.3) is 10.9 Å². The Labute approximate surface area is 107 Å². The van der Waals surface area contributed by atoms with Crippen molar-refractivity contribution in [1.82, 2.24) is 4.98 Å². The van der Waals surface area contributed by atoms with E-state index in [1.807, 2.05) is 25.3 Å². The second-order valence-electron chi connectivity index (χ2n) is 5.08. The third kappa shape index (κ3) is 1.95. The van der Waals surface area contributed by atoms with Crippen molar-refractivity contribution >= 4 is 16.6 Å². The van der Waals surface area contributed by atoms with Crippen LogP contribution in [0.5, 0.6) is 0 Å². The second-order valence-corrected chi connectivity index (χ2v) is 5.08. The van der Waals surface area contributed by atoms with Gasteiger partial charge in [-0.3, -0.25) is 4.98 Å². The van der Waals surface area contributed by atoms with E-state index in [-0.39, 0.29) is 6.10 Å². The molecule has 3 heteroatoms. The molecule has 2 heterocycles. The van der Waals surface area contributed by atoms with Crippen molar-refractivity contribution in [3.63, 3.8) is 0 Å². The van der Waals surface area contributed by atoms with Gasteiger partial charge in [0.25, 0.3) is 0 Å². The monoisotopic (exact) mass is 242 g/mol. The first-order valence-electron chi connectivity index (χ1n) is 6.52. The molecule has 0 radical (unpaired) electrons. The Morgan fingerprint density at radius 3 is 2.94 bits per heavy atom. The fraction of sp³-hybridized carbons (Fsp3) is 0.400. The molecule has 1 aliphatic heterocycles. The van der Waals surface area contributed by atoms with Crippen LogP contribution < -0.4 is 4.90 Å². The number of benzene rings is 1. The third-order valence-corrected chi connectivity index (χ3v) is 3.87. The van der Waals surface area contributed by atoms with Gasteiger partial charge in [-0.1, -0.05) is 18.2 Å². The summed E-state index contributed by atoms with van der Waals surface area (Å²) in [5.41, 5.74) is 2.28. The molecule has 1 N–H and O–H groups in total. The largest absolute Gasteiger partial charge is 0.393 e. The summed E-state index contributed by atoms with van der Waals surface area (Å²) in [5, 5.41) is 10.9. The van der Waals surface area contributed by atoms with Gasteiger partial charge in [0.05, 0.1) is 11.6 Å². The summed E-state index contributed by atoms with van der Waals surface area (Å²) in [6.45, 7) is 3.84. The number of aliphatic hydroxyl groups is 1. The number of fused-ring (bicyclic) bond motifs is 1. The van der Waals surface area contributed by atoms with Crippen LogP contribution in [0, 0.1) is 5.92 Å². The van der Waals surface area contributed by atoms with Gasteiger partial charge in [-0.05, 0) is 25.5 Å². The number of hydrogen-bond donors (Lipinski definition) is 1. The van der Waals surface area contributed by atoms with Crippen LogP contribution in [0.2, 0.25) is 0 Å². The van der Waals surface area contributed by atoms with Crippen LogP contribution in [0.1, 0.15) is 13.3 Å². The zero-order valence-electron chi connectivity index (χ0n) is 10.6. The molecule has 0 spiro atoms. The SMILES string of the molecule is CC(O)C1CCN(c2ccnc3ccccc23)C1. The molecule has 2 unspecified atom stereocenters. The number of nitrogens with zero attached hydrogens (tertiary/aromatic N) is 2. The van der Waals surface area contributed by atoms with Crippen molar-refractivity contribution in [3.8, 4) is 0 Å². The average molecular weight is 242 g/mol. The van der Waals surface area contributed by atoms with Crippen LogP contribution in [-0.2, 0) is 0 Å². The summed E-state index contributed by atoms with van der Waals surface area (Å²) < 4.78 is 0. The van der Waals surface area contributed by atoms with Gasteiger partial charge in [-0.2, -0.15) is 0 Å². The van der Waals surface area contributed by atoms with Crippen LogP contribution >= 0.6 is 0 Å². The predicted molar refractivity (Wildman–Crippen MR) is 73.7 cm³/mol. The molecule has 1 aromatic carbocycles. The maximum atomic E-state index is 9.69. The third-order valence-electron chi connectivity index (χ3n) is 3.87. The Balaban J connectivity index is 1.96. The van der Waals surface area contributed by atoms with E-state index in [1.54, 1.807) is 0 Å². The normalized spacial score (nSPS) is 21.4. The molecule has 1 aliphatic rings. The molecule has 0 saturated carbocycles. The Morgan fingerprint density at radius 1 is 1.33 bits per heavy atom. The van der Waals surface area contributed by atoms with Gasteiger partial charge >= 0.3 is 0 Å². The molecular weight excluding hydrogens is 224 g/mol. The lowest BCUT2D eigenvalue weighted by atomic mass is 10.0. The van der Waals surface area contributed by atoms with Gasteiger partial charge in [-0.15, -0.1) is 0 Å². The Bertz CT molecular complexity index is 548. The van der Waals surface area contributed by atoms with Crippen LogP contribution in [0.3, 0.4) is 0 Å². The molecule has 1 aromatic heterocycles. The molecule has 2 aromatic rings. The molecule has 1 saturated heterocycles. The van der Waals surface area contributed by atoms with Crippen molar-refractivity contribution in [1.29, 1.82) is 0 Å². The first-order chi connectivity index (χ1) is 8.75. The van der Waals surface area contributed by atoms with Gasteiger partial charge < -0.3 is 10.0 Å². The number of aromatic nitrogens is 1. The fourth-order valence-corrected chi connectivity index (χ4v) is 2.76. The van der Waals surface area contributed by atoms with Crippen LogP contribution in [0.15, 0.2) is 36.5 Å². The molecule has 18 heavy (non-hydrogen) atoms. The minimum atomic E-state index is -0.219. The molecule has 3 rings (SSSR count). The lowest BCUT2D eigenvalue weighted by molar-refractivity contribution is 0.136. The predicted octanol–water partition coefficient (Wildman–Crippen LogP) is 2.44. The molecular formula is C15H18N2O. The number of hydrogen-bond acceptors (Lipinski definition) is 3. The number of pyridine rings is 1. The highest BCUT2D eigenvalue weighted by atomic mass is 16.3. The number of rotatable bonds is 2. The van der Waals surface area contributed by atoms with Crippen LogP contribution in [0.4, 0.5) is 5.69 Å². The topological polar surface area (TPSA) is 36.4 Å². The zero-order valence-corrected chi connectivity index (χ0v) is 10.6. The van der Waals surface area contributed by atoms with Gasteiger partial charge in [0.2, 0.25) is 0 Å². The van der Waals surface area contributed by atoms with Crippen molar-refractivity contribution in [3.05, 3.63) is 36.5 Å². The summed E-state index contributed by atoms with van der Waals surface area (Å²) in [5.74, 6) is 0.386. The standard InChI is InChI=1S/C15H18N2O/c1-11(18)12-7-9-17(10-12)15-6-8-16-14-5-3-2-4-13(14)15/h2-6,8,11-12,18H,7,9-10H2,1H3. The molecule has 0 amide bonds. The average Bonchev–Trinajstić information content (AvgIpc) is 2.87. The Morgan fingerprint density at radius 2 is 2.17 bits per heavy atom. The van der Waals surface area contributed by atoms with Gasteiger partial charge in [0, 0.05) is 36.3 Å². The highest BCUT2D eigenvalue weighted by molar-refractivity contribution is 5.91. The summed E-state index contributed by atoms with van der Waals surface area (Å²) >= 11 is 0. The lowest BCUT2D eigenvalue weighted by Crippen LogP contribution is -2.24. The highest BCUT2D eigenvalue weighted by Crippen LogP contribution is 2.30. The van der Waals surface area contributed by atoms with Gasteiger partial charge in [0.15, 0.2) is 0 Å². The van der Waals surface area contributed by atoms with E-state index in [0.717, 1.165) is 25.0 Å². The quantitative estimate of drug-likeness (QED) is 0.878. The Kier molecular flexibility index (Phi) is 2.92. The second kappa shape index (κ2) is 4.58.